The van der Waals surface area contributed by atoms with Crippen molar-refractivity contribution in [1.29, 1.82) is 0 Å². The van der Waals surface area contributed by atoms with Crippen molar-refractivity contribution in [3.8, 4) is 17.2 Å². The Morgan fingerprint density at radius 1 is 1.16 bits per heavy atom. The molecule has 2 atom stereocenters. The van der Waals surface area contributed by atoms with Crippen LogP contribution in [0.5, 0.6) is 17.2 Å². The smallest absolute Gasteiger partial charge is 0.177 e. The first-order chi connectivity index (χ1) is 11.5. The van der Waals surface area contributed by atoms with Crippen LogP contribution in [0.4, 0.5) is 0 Å². The number of benzene rings is 1. The number of hydrogen-bond donors (Lipinski definition) is 2. The highest BCUT2D eigenvalue weighted by Crippen LogP contribution is 2.57. The Bertz CT molecular complexity index is 922. The normalized spacial score (nSPS) is 24.3. The van der Waals surface area contributed by atoms with Gasteiger partial charge in [-0.15, -0.1) is 0 Å². The molecule has 25 heavy (non-hydrogen) atoms. The van der Waals surface area contributed by atoms with Gasteiger partial charge < -0.3 is 14.9 Å². The first-order valence-electron chi connectivity index (χ1n) is 7.62. The average molecular weight is 344 g/mol. The summed E-state index contributed by atoms with van der Waals surface area (Å²) in [4.78, 5) is 48.8. The summed E-state index contributed by atoms with van der Waals surface area (Å²) >= 11 is 0. The molecule has 1 aliphatic heterocycles. The molecule has 0 aromatic heterocycles. The number of rotatable bonds is 2. The SMILES string of the molecule is CC(=O)c1c(O)c(C)c(O)c2c1OC1=CC(=O)C(C(C)=O)C(=O)[C@]12C. The highest BCUT2D eigenvalue weighted by Gasteiger charge is 2.58. The number of allylic oxidation sites excluding steroid dienone is 2. The van der Waals surface area contributed by atoms with E-state index in [4.69, 9.17) is 4.74 Å². The van der Waals surface area contributed by atoms with E-state index in [2.05, 4.69) is 0 Å². The Morgan fingerprint density at radius 3 is 2.28 bits per heavy atom. The lowest BCUT2D eigenvalue weighted by atomic mass is 9.67. The quantitative estimate of drug-likeness (QED) is 0.616. The lowest BCUT2D eigenvalue weighted by molar-refractivity contribution is -0.140. The molecule has 2 aliphatic rings. The molecule has 0 saturated heterocycles. The molecule has 0 saturated carbocycles. The van der Waals surface area contributed by atoms with E-state index in [0.29, 0.717) is 0 Å². The molecule has 0 fully saturated rings. The van der Waals surface area contributed by atoms with Gasteiger partial charge in [-0.1, -0.05) is 0 Å². The van der Waals surface area contributed by atoms with Crippen molar-refractivity contribution in [2.45, 2.75) is 33.1 Å². The van der Waals surface area contributed by atoms with E-state index in [0.717, 1.165) is 13.0 Å². The Balaban J connectivity index is 2.41. The van der Waals surface area contributed by atoms with Crippen LogP contribution in [0.2, 0.25) is 0 Å². The fraction of sp³-hybridized carbons (Fsp3) is 0.333. The minimum absolute atomic E-state index is 0.0111. The molecule has 1 heterocycles. The summed E-state index contributed by atoms with van der Waals surface area (Å²) in [6.07, 6.45) is 1.04. The third-order valence-electron chi connectivity index (χ3n) is 4.91. The van der Waals surface area contributed by atoms with E-state index in [1.807, 2.05) is 0 Å². The molecule has 1 aromatic rings. The summed E-state index contributed by atoms with van der Waals surface area (Å²) in [6, 6.07) is 0. The first-order valence-corrected chi connectivity index (χ1v) is 7.62. The summed E-state index contributed by atoms with van der Waals surface area (Å²) in [6.45, 7) is 5.17. The molecule has 130 valence electrons. The molecule has 1 unspecified atom stereocenters. The van der Waals surface area contributed by atoms with Gasteiger partial charge in [0.25, 0.3) is 0 Å². The van der Waals surface area contributed by atoms with Crippen molar-refractivity contribution < 1.29 is 34.1 Å². The monoisotopic (exact) mass is 344 g/mol. The summed E-state index contributed by atoms with van der Waals surface area (Å²) < 4.78 is 5.56. The second-order valence-electron chi connectivity index (χ2n) is 6.50. The topological polar surface area (TPSA) is 118 Å². The maximum absolute atomic E-state index is 13.0. The van der Waals surface area contributed by atoms with Crippen LogP contribution in [-0.4, -0.2) is 33.3 Å². The van der Waals surface area contributed by atoms with Crippen molar-refractivity contribution in [3.05, 3.63) is 28.5 Å². The molecule has 0 spiro atoms. The van der Waals surface area contributed by atoms with Crippen LogP contribution in [0.15, 0.2) is 11.8 Å². The van der Waals surface area contributed by atoms with Gasteiger partial charge >= 0.3 is 0 Å². The molecule has 1 aliphatic carbocycles. The largest absolute Gasteiger partial charge is 0.507 e. The van der Waals surface area contributed by atoms with Gasteiger partial charge in [0.15, 0.2) is 17.3 Å². The number of carbonyl (C=O) groups excluding carboxylic acids is 4. The van der Waals surface area contributed by atoms with Crippen LogP contribution in [0.25, 0.3) is 0 Å². The zero-order valence-electron chi connectivity index (χ0n) is 14.1. The van der Waals surface area contributed by atoms with Gasteiger partial charge in [0, 0.05) is 11.6 Å². The molecular weight excluding hydrogens is 328 g/mol. The number of ketones is 4. The van der Waals surface area contributed by atoms with Gasteiger partial charge in [0.2, 0.25) is 0 Å². The Kier molecular flexibility index (Phi) is 3.39. The van der Waals surface area contributed by atoms with Crippen molar-refractivity contribution in [2.24, 2.45) is 5.92 Å². The minimum Gasteiger partial charge on any atom is -0.507 e. The number of aromatic hydroxyl groups is 2. The predicted octanol–water partition coefficient (Wildman–Crippen LogP) is 1.50. The van der Waals surface area contributed by atoms with E-state index < -0.39 is 46.0 Å². The van der Waals surface area contributed by atoms with Crippen LogP contribution >= 0.6 is 0 Å². The number of ether oxygens (including phenoxy) is 1. The third kappa shape index (κ3) is 1.92. The second-order valence-corrected chi connectivity index (χ2v) is 6.50. The van der Waals surface area contributed by atoms with Gasteiger partial charge in [0.1, 0.15) is 45.7 Å². The van der Waals surface area contributed by atoms with E-state index in [1.54, 1.807) is 0 Å². The maximum atomic E-state index is 13.0. The highest BCUT2D eigenvalue weighted by molar-refractivity contribution is 6.27. The number of hydrogen-bond acceptors (Lipinski definition) is 7. The Labute approximate surface area is 142 Å². The number of phenolic OH excluding ortho intramolecular Hbond substituents is 2. The molecule has 0 radical (unpaired) electrons. The van der Waals surface area contributed by atoms with E-state index >= 15 is 0 Å². The Morgan fingerprint density at radius 2 is 1.76 bits per heavy atom. The number of carbonyl (C=O) groups is 4. The molecule has 3 rings (SSSR count). The van der Waals surface area contributed by atoms with Gasteiger partial charge in [-0.2, -0.15) is 0 Å². The highest BCUT2D eigenvalue weighted by atomic mass is 16.5. The summed E-state index contributed by atoms with van der Waals surface area (Å²) in [5.74, 6) is -5.15. The van der Waals surface area contributed by atoms with Crippen molar-refractivity contribution in [2.75, 3.05) is 0 Å². The fourth-order valence-corrected chi connectivity index (χ4v) is 3.49. The first kappa shape index (κ1) is 16.9. The van der Waals surface area contributed by atoms with Gasteiger partial charge in [-0.05, 0) is 27.7 Å². The molecule has 7 nitrogen and oxygen atoms in total. The standard InChI is InChI=1S/C18H16O7/c1-6-14(22)12(8(3)20)16-13(15(6)23)18(4)10(25-16)5-9(21)11(7(2)19)17(18)24/h5,11,22-23H,1-4H3/t11?,18-/m1/s1. The fourth-order valence-electron chi connectivity index (χ4n) is 3.49. The van der Waals surface area contributed by atoms with Crippen LogP contribution in [0, 0.1) is 12.8 Å². The van der Waals surface area contributed by atoms with E-state index in [9.17, 15) is 29.4 Å². The number of fused-ring (bicyclic) bond motifs is 3. The molecular formula is C18H16O7. The van der Waals surface area contributed by atoms with Crippen molar-refractivity contribution in [3.63, 3.8) is 0 Å². The maximum Gasteiger partial charge on any atom is 0.177 e. The third-order valence-corrected chi connectivity index (χ3v) is 4.91. The minimum atomic E-state index is -1.59. The second kappa shape index (κ2) is 5.02. The predicted molar refractivity (Wildman–Crippen MR) is 84.8 cm³/mol. The molecule has 0 bridgehead atoms. The Hall–Kier alpha value is -2.96. The van der Waals surface area contributed by atoms with E-state index in [1.165, 1.54) is 20.8 Å². The van der Waals surface area contributed by atoms with Gasteiger partial charge in [0.05, 0.1) is 5.56 Å². The van der Waals surface area contributed by atoms with Gasteiger partial charge in [-0.25, -0.2) is 0 Å². The van der Waals surface area contributed by atoms with Crippen LogP contribution in [0.3, 0.4) is 0 Å². The van der Waals surface area contributed by atoms with Crippen LogP contribution < -0.4 is 4.74 Å². The zero-order chi connectivity index (χ0) is 18.8. The van der Waals surface area contributed by atoms with Crippen molar-refractivity contribution in [1.82, 2.24) is 0 Å². The summed E-state index contributed by atoms with van der Waals surface area (Å²) in [5, 5.41) is 20.7. The van der Waals surface area contributed by atoms with Gasteiger partial charge in [-0.3, -0.25) is 19.2 Å². The number of Topliss-reactive ketones (excluding diaryl/α,β-unsaturated/α-hetero) is 3. The van der Waals surface area contributed by atoms with Crippen LogP contribution in [0.1, 0.15) is 42.3 Å². The summed E-state index contributed by atoms with van der Waals surface area (Å²) in [7, 11) is 0. The lowest BCUT2D eigenvalue weighted by Gasteiger charge is -2.30. The molecule has 1 aromatic carbocycles. The van der Waals surface area contributed by atoms with Crippen LogP contribution in [-0.2, 0) is 19.8 Å². The summed E-state index contributed by atoms with van der Waals surface area (Å²) in [5.41, 5.74) is -1.77. The zero-order valence-corrected chi connectivity index (χ0v) is 14.1. The molecule has 7 heteroatoms. The number of phenols is 2. The van der Waals surface area contributed by atoms with Crippen molar-refractivity contribution >= 4 is 23.1 Å². The lowest BCUT2D eigenvalue weighted by Crippen LogP contribution is -2.47. The molecule has 0 amide bonds. The molecule has 2 N–H and O–H groups in total. The average Bonchev–Trinajstić information content (AvgIpc) is 2.78. The van der Waals surface area contributed by atoms with E-state index in [-0.39, 0.29) is 28.2 Å².